The van der Waals surface area contributed by atoms with Gasteiger partial charge >= 0.3 is 0 Å². The van der Waals surface area contributed by atoms with Crippen molar-refractivity contribution in [2.45, 2.75) is 6.54 Å². The lowest BCUT2D eigenvalue weighted by Gasteiger charge is -2.18. The molecule has 34 heavy (non-hydrogen) atoms. The number of carbonyl (C=O) groups is 1. The van der Waals surface area contributed by atoms with Crippen molar-refractivity contribution < 1.29 is 23.5 Å². The van der Waals surface area contributed by atoms with Gasteiger partial charge in [-0.2, -0.15) is 4.98 Å². The molecule has 174 valence electrons. The molecule has 0 spiro atoms. The van der Waals surface area contributed by atoms with E-state index in [1.165, 1.54) is 0 Å². The molecule has 8 nitrogen and oxygen atoms in total. The van der Waals surface area contributed by atoms with Gasteiger partial charge in [-0.15, -0.1) is 0 Å². The van der Waals surface area contributed by atoms with E-state index in [4.69, 9.17) is 18.7 Å². The smallest absolute Gasteiger partial charge is 0.260 e. The van der Waals surface area contributed by atoms with Crippen LogP contribution in [-0.2, 0) is 11.3 Å². The Kier molecular flexibility index (Phi) is 7.07. The maximum Gasteiger partial charge on any atom is 0.260 e. The van der Waals surface area contributed by atoms with Crippen LogP contribution in [0.15, 0.2) is 77.3 Å². The highest BCUT2D eigenvalue weighted by atomic mass is 16.5. The quantitative estimate of drug-likeness (QED) is 0.365. The largest absolute Gasteiger partial charge is 0.497 e. The molecule has 0 aliphatic carbocycles. The highest BCUT2D eigenvalue weighted by Crippen LogP contribution is 2.26. The number of carbonyl (C=O) groups excluding carboxylic acids is 1. The van der Waals surface area contributed by atoms with Crippen LogP contribution in [0.25, 0.3) is 22.8 Å². The molecule has 0 atom stereocenters. The fourth-order valence-corrected chi connectivity index (χ4v) is 3.27. The molecule has 1 amide bonds. The third kappa shape index (κ3) is 5.53. The Morgan fingerprint density at radius 3 is 2.24 bits per heavy atom. The van der Waals surface area contributed by atoms with Crippen molar-refractivity contribution in [3.05, 3.63) is 78.4 Å². The molecule has 0 aliphatic rings. The first-order valence-electron chi connectivity index (χ1n) is 10.6. The predicted molar refractivity (Wildman–Crippen MR) is 127 cm³/mol. The average molecular weight is 460 g/mol. The van der Waals surface area contributed by atoms with Gasteiger partial charge in [-0.25, -0.2) is 0 Å². The number of aromatic nitrogens is 2. The second-order valence-corrected chi connectivity index (χ2v) is 7.57. The van der Waals surface area contributed by atoms with Crippen LogP contribution >= 0.6 is 0 Å². The molecule has 0 aliphatic heterocycles. The maximum atomic E-state index is 12.5. The van der Waals surface area contributed by atoms with E-state index in [-0.39, 0.29) is 12.5 Å². The topological polar surface area (TPSA) is 86.9 Å². The van der Waals surface area contributed by atoms with Crippen LogP contribution in [0.1, 0.15) is 5.56 Å². The molecule has 0 saturated carbocycles. The lowest BCUT2D eigenvalue weighted by Crippen LogP contribution is -2.30. The van der Waals surface area contributed by atoms with Gasteiger partial charge in [0, 0.05) is 24.7 Å². The van der Waals surface area contributed by atoms with E-state index in [0.717, 1.165) is 22.6 Å². The van der Waals surface area contributed by atoms with Crippen molar-refractivity contribution in [2.75, 3.05) is 27.9 Å². The van der Waals surface area contributed by atoms with Gasteiger partial charge in [0.05, 0.1) is 14.2 Å². The summed E-state index contributed by atoms with van der Waals surface area (Å²) in [7, 11) is 4.98. The Morgan fingerprint density at radius 1 is 0.882 bits per heavy atom. The van der Waals surface area contributed by atoms with Crippen molar-refractivity contribution in [1.82, 2.24) is 15.0 Å². The van der Waals surface area contributed by atoms with Crippen LogP contribution in [0.3, 0.4) is 0 Å². The van der Waals surface area contributed by atoms with Crippen LogP contribution < -0.4 is 14.2 Å². The lowest BCUT2D eigenvalue weighted by molar-refractivity contribution is -0.132. The number of methoxy groups -OCH3 is 2. The van der Waals surface area contributed by atoms with Gasteiger partial charge in [-0.3, -0.25) is 4.79 Å². The number of nitrogens with zero attached hydrogens (tertiary/aromatic N) is 3. The van der Waals surface area contributed by atoms with Gasteiger partial charge in [0.2, 0.25) is 5.82 Å². The van der Waals surface area contributed by atoms with E-state index < -0.39 is 0 Å². The van der Waals surface area contributed by atoms with E-state index in [1.807, 2.05) is 60.7 Å². The first-order chi connectivity index (χ1) is 16.6. The second-order valence-electron chi connectivity index (χ2n) is 7.57. The molecule has 0 radical (unpaired) electrons. The first kappa shape index (κ1) is 22.8. The van der Waals surface area contributed by atoms with Crippen molar-refractivity contribution in [3.8, 4) is 40.1 Å². The molecule has 3 aromatic carbocycles. The Morgan fingerprint density at radius 2 is 1.56 bits per heavy atom. The number of benzene rings is 3. The van der Waals surface area contributed by atoms with E-state index in [0.29, 0.717) is 29.6 Å². The zero-order chi connectivity index (χ0) is 23.9. The molecule has 8 heteroatoms. The minimum Gasteiger partial charge on any atom is -0.497 e. The van der Waals surface area contributed by atoms with Crippen LogP contribution in [0.4, 0.5) is 0 Å². The standard InChI is InChI=1S/C26H25N3O5/c1-29(16-18-7-11-21(31-2)12-8-18)24(30)17-33-23-6-4-5-20(15-23)26-27-25(28-34-26)19-9-13-22(32-3)14-10-19/h4-15H,16-17H2,1-3H3. The Bertz CT molecular complexity index is 1240. The number of rotatable bonds is 9. The minimum absolute atomic E-state index is 0.0863. The normalized spacial score (nSPS) is 10.6. The van der Waals surface area contributed by atoms with Gasteiger partial charge < -0.3 is 23.6 Å². The fourth-order valence-electron chi connectivity index (χ4n) is 3.27. The summed E-state index contributed by atoms with van der Waals surface area (Å²) in [6.07, 6.45) is 0. The average Bonchev–Trinajstić information content (AvgIpc) is 3.38. The van der Waals surface area contributed by atoms with Gasteiger partial charge in [-0.05, 0) is 60.2 Å². The predicted octanol–water partition coefficient (Wildman–Crippen LogP) is 4.46. The number of hydrogen-bond acceptors (Lipinski definition) is 7. The van der Waals surface area contributed by atoms with Gasteiger partial charge in [0.1, 0.15) is 17.2 Å². The molecule has 0 saturated heterocycles. The second kappa shape index (κ2) is 10.5. The summed E-state index contributed by atoms with van der Waals surface area (Å²) < 4.78 is 21.5. The third-order valence-electron chi connectivity index (χ3n) is 5.22. The van der Waals surface area contributed by atoms with E-state index in [2.05, 4.69) is 10.1 Å². The van der Waals surface area contributed by atoms with Gasteiger partial charge in [0.15, 0.2) is 6.61 Å². The van der Waals surface area contributed by atoms with E-state index >= 15 is 0 Å². The van der Waals surface area contributed by atoms with Crippen molar-refractivity contribution in [1.29, 1.82) is 0 Å². The summed E-state index contributed by atoms with van der Waals surface area (Å²) in [5.41, 5.74) is 2.51. The summed E-state index contributed by atoms with van der Waals surface area (Å²) in [5, 5.41) is 4.06. The highest BCUT2D eigenvalue weighted by Gasteiger charge is 2.14. The van der Waals surface area contributed by atoms with Crippen LogP contribution in [0, 0.1) is 0 Å². The monoisotopic (exact) mass is 459 g/mol. The number of ether oxygens (including phenoxy) is 3. The summed E-state index contributed by atoms with van der Waals surface area (Å²) in [4.78, 5) is 18.6. The number of likely N-dealkylation sites (N-methyl/N-ethyl adjacent to an activating group) is 1. The van der Waals surface area contributed by atoms with Crippen LogP contribution in [0.5, 0.6) is 17.2 Å². The van der Waals surface area contributed by atoms with E-state index in [9.17, 15) is 4.79 Å². The maximum absolute atomic E-state index is 12.5. The highest BCUT2D eigenvalue weighted by molar-refractivity contribution is 5.77. The first-order valence-corrected chi connectivity index (χ1v) is 10.6. The fraction of sp³-hybridized carbons (Fsp3) is 0.192. The summed E-state index contributed by atoms with van der Waals surface area (Å²) in [5.74, 6) is 2.76. The lowest BCUT2D eigenvalue weighted by atomic mass is 10.2. The zero-order valence-corrected chi connectivity index (χ0v) is 19.2. The number of amides is 1. The zero-order valence-electron chi connectivity index (χ0n) is 19.2. The minimum atomic E-state index is -0.138. The molecule has 1 heterocycles. The van der Waals surface area contributed by atoms with Crippen molar-refractivity contribution >= 4 is 5.91 Å². The molecule has 4 aromatic rings. The Hall–Kier alpha value is -4.33. The Labute approximate surface area is 197 Å². The summed E-state index contributed by atoms with van der Waals surface area (Å²) in [6, 6.07) is 22.2. The molecular formula is C26H25N3O5. The van der Waals surface area contributed by atoms with Gasteiger partial charge in [-0.1, -0.05) is 23.4 Å². The molecule has 4 rings (SSSR count). The molecular weight excluding hydrogens is 434 g/mol. The van der Waals surface area contributed by atoms with Crippen molar-refractivity contribution in [3.63, 3.8) is 0 Å². The van der Waals surface area contributed by atoms with Crippen LogP contribution in [-0.4, -0.2) is 48.8 Å². The van der Waals surface area contributed by atoms with Crippen LogP contribution in [0.2, 0.25) is 0 Å². The third-order valence-corrected chi connectivity index (χ3v) is 5.22. The van der Waals surface area contributed by atoms with Crippen molar-refractivity contribution in [2.24, 2.45) is 0 Å². The Balaban J connectivity index is 1.36. The molecule has 0 N–H and O–H groups in total. The number of hydrogen-bond donors (Lipinski definition) is 0. The SMILES string of the molecule is COc1ccc(CN(C)C(=O)COc2cccc(-c3nc(-c4ccc(OC)cc4)no3)c2)cc1. The molecule has 0 unspecified atom stereocenters. The summed E-state index contributed by atoms with van der Waals surface area (Å²) in [6.45, 7) is 0.388. The molecule has 0 fully saturated rings. The molecule has 1 aromatic heterocycles. The van der Waals surface area contributed by atoms with Gasteiger partial charge in [0.25, 0.3) is 11.8 Å². The molecule has 0 bridgehead atoms. The summed E-state index contributed by atoms with van der Waals surface area (Å²) >= 11 is 0. The van der Waals surface area contributed by atoms with E-state index in [1.54, 1.807) is 38.3 Å².